The van der Waals surface area contributed by atoms with Crippen LogP contribution in [0, 0.1) is 0 Å². The first-order valence-electron chi connectivity index (χ1n) is 7.90. The number of nitrogens with zero attached hydrogens (tertiary/aromatic N) is 2. The summed E-state index contributed by atoms with van der Waals surface area (Å²) in [5.41, 5.74) is 0. The van der Waals surface area contributed by atoms with Crippen molar-refractivity contribution in [3.8, 4) is 0 Å². The molecule has 0 spiro atoms. The Morgan fingerprint density at radius 2 is 2.42 bits per heavy atom. The van der Waals surface area contributed by atoms with Crippen molar-refractivity contribution in [2.24, 2.45) is 0 Å². The van der Waals surface area contributed by atoms with Crippen molar-refractivity contribution in [3.05, 3.63) is 24.5 Å². The molecule has 1 saturated heterocycles. The Morgan fingerprint density at radius 1 is 1.62 bits per heavy atom. The summed E-state index contributed by atoms with van der Waals surface area (Å²) in [4.78, 5) is 12.0. The molecular formula is C15H23N3O5S. The van der Waals surface area contributed by atoms with Crippen molar-refractivity contribution in [1.82, 2.24) is 14.5 Å². The smallest absolute Gasteiger partial charge is 0.324 e. The Hall–Kier alpha value is -1.71. The van der Waals surface area contributed by atoms with E-state index in [1.807, 2.05) is 0 Å². The molecule has 24 heavy (non-hydrogen) atoms. The number of esters is 1. The van der Waals surface area contributed by atoms with Crippen LogP contribution in [0.3, 0.4) is 0 Å². The molecule has 2 rings (SSSR count). The standard InChI is InChI=1S/C15H23N3O5S/c1-3-5-6-14(15(19)23-4-2)17-24(20,21)13-9-16-18(10-13)12-7-8-22-11-12/h3,5,9-10,12,14,17H,4,6-8,11H2,1-2H3/b5-3+. The van der Waals surface area contributed by atoms with Gasteiger partial charge in [-0.1, -0.05) is 12.2 Å². The van der Waals surface area contributed by atoms with Crippen molar-refractivity contribution < 1.29 is 22.7 Å². The summed E-state index contributed by atoms with van der Waals surface area (Å²) in [7, 11) is -3.87. The molecule has 1 aliphatic rings. The minimum Gasteiger partial charge on any atom is -0.465 e. The number of carbonyl (C=O) groups excluding carboxylic acids is 1. The zero-order valence-electron chi connectivity index (χ0n) is 13.8. The summed E-state index contributed by atoms with van der Waals surface area (Å²) < 4.78 is 39.2. The summed E-state index contributed by atoms with van der Waals surface area (Å²) in [5, 5.41) is 4.10. The van der Waals surface area contributed by atoms with Gasteiger partial charge in [-0.2, -0.15) is 9.82 Å². The number of carbonyl (C=O) groups is 1. The third-order valence-corrected chi connectivity index (χ3v) is 5.07. The molecule has 1 aliphatic heterocycles. The molecule has 2 unspecified atom stereocenters. The predicted octanol–water partition coefficient (Wildman–Crippen LogP) is 1.02. The molecule has 0 aromatic carbocycles. The Balaban J connectivity index is 2.13. The Morgan fingerprint density at radius 3 is 3.04 bits per heavy atom. The molecule has 0 radical (unpaired) electrons. The second-order valence-corrected chi connectivity index (χ2v) is 7.12. The molecular weight excluding hydrogens is 334 g/mol. The van der Waals surface area contributed by atoms with Crippen LogP contribution >= 0.6 is 0 Å². The maximum atomic E-state index is 12.5. The first kappa shape index (κ1) is 18.6. The number of rotatable bonds is 8. The molecule has 2 heterocycles. The molecule has 0 aliphatic carbocycles. The van der Waals surface area contributed by atoms with Crippen molar-refractivity contribution in [3.63, 3.8) is 0 Å². The lowest BCUT2D eigenvalue weighted by molar-refractivity contribution is -0.145. The van der Waals surface area contributed by atoms with Gasteiger partial charge in [0.15, 0.2) is 0 Å². The maximum absolute atomic E-state index is 12.5. The van der Waals surface area contributed by atoms with Crippen LogP contribution in [0.1, 0.15) is 32.7 Å². The van der Waals surface area contributed by atoms with E-state index in [9.17, 15) is 13.2 Å². The van der Waals surface area contributed by atoms with E-state index in [2.05, 4.69) is 9.82 Å². The average molecular weight is 357 g/mol. The predicted molar refractivity (Wildman–Crippen MR) is 86.9 cm³/mol. The van der Waals surface area contributed by atoms with Gasteiger partial charge in [0, 0.05) is 12.8 Å². The van der Waals surface area contributed by atoms with E-state index in [4.69, 9.17) is 9.47 Å². The first-order valence-corrected chi connectivity index (χ1v) is 9.38. The highest BCUT2D eigenvalue weighted by Gasteiger charge is 2.28. The molecule has 1 aromatic rings. The van der Waals surface area contributed by atoms with Crippen molar-refractivity contribution in [2.45, 2.75) is 43.7 Å². The van der Waals surface area contributed by atoms with E-state index in [1.54, 1.807) is 30.7 Å². The molecule has 1 N–H and O–H groups in total. The van der Waals surface area contributed by atoms with Gasteiger partial charge in [-0.05, 0) is 26.7 Å². The Bertz CT molecular complexity index is 677. The lowest BCUT2D eigenvalue weighted by Gasteiger charge is -2.15. The maximum Gasteiger partial charge on any atom is 0.324 e. The highest BCUT2D eigenvalue weighted by Crippen LogP contribution is 2.20. The topological polar surface area (TPSA) is 99.5 Å². The first-order chi connectivity index (χ1) is 11.5. The number of aromatic nitrogens is 2. The van der Waals surface area contributed by atoms with Crippen LogP contribution in [0.4, 0.5) is 0 Å². The minimum absolute atomic E-state index is 0.0178. The van der Waals surface area contributed by atoms with Crippen LogP contribution in [-0.2, 0) is 24.3 Å². The van der Waals surface area contributed by atoms with Crippen LogP contribution in [0.25, 0.3) is 0 Å². The quantitative estimate of drug-likeness (QED) is 0.551. The fourth-order valence-corrected chi connectivity index (χ4v) is 3.49. The van der Waals surface area contributed by atoms with Gasteiger partial charge in [-0.15, -0.1) is 0 Å². The highest BCUT2D eigenvalue weighted by molar-refractivity contribution is 7.89. The SMILES string of the molecule is C/C=C/CC(NS(=O)(=O)c1cnn(C2CCOC2)c1)C(=O)OCC. The van der Waals surface area contributed by atoms with Gasteiger partial charge in [-0.25, -0.2) is 8.42 Å². The number of ether oxygens (including phenoxy) is 2. The van der Waals surface area contributed by atoms with E-state index < -0.39 is 22.0 Å². The van der Waals surface area contributed by atoms with Crippen molar-refractivity contribution >= 4 is 16.0 Å². The fourth-order valence-electron chi connectivity index (χ4n) is 2.35. The molecule has 0 bridgehead atoms. The van der Waals surface area contributed by atoms with E-state index in [0.29, 0.717) is 13.2 Å². The second-order valence-electron chi connectivity index (χ2n) is 5.40. The van der Waals surface area contributed by atoms with Crippen LogP contribution < -0.4 is 4.72 Å². The Kier molecular flexibility index (Phi) is 6.52. The number of sulfonamides is 1. The van der Waals surface area contributed by atoms with Gasteiger partial charge in [0.2, 0.25) is 10.0 Å². The highest BCUT2D eigenvalue weighted by atomic mass is 32.2. The number of allylic oxidation sites excluding steroid dienone is 1. The van der Waals surface area contributed by atoms with Gasteiger partial charge in [0.25, 0.3) is 0 Å². The third-order valence-electron chi connectivity index (χ3n) is 3.64. The van der Waals surface area contributed by atoms with E-state index >= 15 is 0 Å². The van der Waals surface area contributed by atoms with E-state index in [0.717, 1.165) is 6.42 Å². The molecule has 0 saturated carbocycles. The lowest BCUT2D eigenvalue weighted by Crippen LogP contribution is -2.41. The third kappa shape index (κ3) is 4.65. The summed E-state index contributed by atoms with van der Waals surface area (Å²) in [6.45, 7) is 4.81. The minimum atomic E-state index is -3.87. The molecule has 9 heteroatoms. The van der Waals surface area contributed by atoms with Gasteiger partial charge in [0.05, 0.1) is 25.5 Å². The lowest BCUT2D eigenvalue weighted by atomic mass is 10.2. The fraction of sp³-hybridized carbons (Fsp3) is 0.600. The van der Waals surface area contributed by atoms with E-state index in [-0.39, 0.29) is 24.0 Å². The summed E-state index contributed by atoms with van der Waals surface area (Å²) >= 11 is 0. The molecule has 1 fully saturated rings. The normalized spacial score (nSPS) is 19.7. The molecule has 8 nitrogen and oxygen atoms in total. The van der Waals surface area contributed by atoms with Gasteiger partial charge in [0.1, 0.15) is 10.9 Å². The molecule has 0 amide bonds. The largest absolute Gasteiger partial charge is 0.465 e. The summed E-state index contributed by atoms with van der Waals surface area (Å²) in [6, 6.07) is -0.929. The van der Waals surface area contributed by atoms with Gasteiger partial charge < -0.3 is 9.47 Å². The van der Waals surface area contributed by atoms with Gasteiger partial charge >= 0.3 is 5.97 Å². The van der Waals surface area contributed by atoms with Crippen LogP contribution in [0.5, 0.6) is 0 Å². The van der Waals surface area contributed by atoms with Crippen LogP contribution in [0.2, 0.25) is 0 Å². The molecule has 2 atom stereocenters. The second kappa shape index (κ2) is 8.41. The van der Waals surface area contributed by atoms with Crippen molar-refractivity contribution in [2.75, 3.05) is 19.8 Å². The van der Waals surface area contributed by atoms with Crippen LogP contribution in [-0.4, -0.2) is 50.0 Å². The summed E-state index contributed by atoms with van der Waals surface area (Å²) in [5.74, 6) is -0.601. The average Bonchev–Trinajstić information content (AvgIpc) is 3.21. The van der Waals surface area contributed by atoms with Crippen LogP contribution in [0.15, 0.2) is 29.4 Å². The number of hydrogen-bond donors (Lipinski definition) is 1. The van der Waals surface area contributed by atoms with Gasteiger partial charge in [-0.3, -0.25) is 9.48 Å². The molecule has 1 aromatic heterocycles. The summed E-state index contributed by atoms with van der Waals surface area (Å²) in [6.07, 6.45) is 7.21. The zero-order valence-corrected chi connectivity index (χ0v) is 14.7. The molecule has 134 valence electrons. The number of nitrogens with one attached hydrogen (secondary N) is 1. The number of hydrogen-bond acceptors (Lipinski definition) is 6. The van der Waals surface area contributed by atoms with E-state index in [1.165, 1.54) is 12.4 Å². The van der Waals surface area contributed by atoms with Crippen molar-refractivity contribution in [1.29, 1.82) is 0 Å². The zero-order chi connectivity index (χ0) is 17.6. The Labute approximate surface area is 141 Å². The monoisotopic (exact) mass is 357 g/mol.